The molecular weight excluding hydrogens is 320 g/mol. The molecule has 0 saturated heterocycles. The molecule has 2 aromatic heterocycles. The van der Waals surface area contributed by atoms with E-state index in [0.29, 0.717) is 17.8 Å². The van der Waals surface area contributed by atoms with Gasteiger partial charge in [-0.25, -0.2) is 9.67 Å². The molecule has 9 nitrogen and oxygen atoms in total. The van der Waals surface area contributed by atoms with Gasteiger partial charge in [-0.05, 0) is 31.0 Å². The van der Waals surface area contributed by atoms with Crippen molar-refractivity contribution in [1.82, 2.24) is 25.0 Å². The number of benzene rings is 1. The van der Waals surface area contributed by atoms with Gasteiger partial charge in [0.05, 0.1) is 23.6 Å². The van der Waals surface area contributed by atoms with E-state index in [-0.39, 0.29) is 5.56 Å². The Labute approximate surface area is 143 Å². The third kappa shape index (κ3) is 3.39. The third-order valence-corrected chi connectivity index (χ3v) is 3.76. The summed E-state index contributed by atoms with van der Waals surface area (Å²) in [5.74, 6) is 0.284. The van der Waals surface area contributed by atoms with Gasteiger partial charge in [-0.1, -0.05) is 11.3 Å². The van der Waals surface area contributed by atoms with Crippen molar-refractivity contribution in [2.24, 2.45) is 5.73 Å². The molecule has 3 aromatic rings. The van der Waals surface area contributed by atoms with Crippen LogP contribution < -0.4 is 16.4 Å². The van der Waals surface area contributed by atoms with E-state index in [1.165, 1.54) is 6.20 Å². The number of hydrogen-bond donors (Lipinski definition) is 3. The van der Waals surface area contributed by atoms with E-state index >= 15 is 0 Å². The van der Waals surface area contributed by atoms with Gasteiger partial charge in [0.25, 0.3) is 5.91 Å². The Balaban J connectivity index is 1.60. The molecule has 4 N–H and O–H groups in total. The first kappa shape index (κ1) is 15.1. The smallest absolute Gasteiger partial charge is 0.254 e. The zero-order valence-corrected chi connectivity index (χ0v) is 13.3. The maximum atomic E-state index is 11.5. The van der Waals surface area contributed by atoms with Crippen molar-refractivity contribution in [2.75, 3.05) is 10.6 Å². The van der Waals surface area contributed by atoms with Crippen LogP contribution in [0.2, 0.25) is 0 Å². The summed E-state index contributed by atoms with van der Waals surface area (Å²) in [5, 5.41) is 14.1. The lowest BCUT2D eigenvalue weighted by Gasteiger charge is -2.11. The average molecular weight is 336 g/mol. The lowest BCUT2D eigenvalue weighted by Crippen LogP contribution is -2.17. The molecular formula is C16H16N8O. The van der Waals surface area contributed by atoms with E-state index in [4.69, 9.17) is 5.73 Å². The van der Waals surface area contributed by atoms with Gasteiger partial charge in [0, 0.05) is 17.9 Å². The lowest BCUT2D eigenvalue weighted by molar-refractivity contribution is 0.100. The van der Waals surface area contributed by atoms with Crippen LogP contribution in [-0.2, 0) is 0 Å². The van der Waals surface area contributed by atoms with Crippen LogP contribution in [0.3, 0.4) is 0 Å². The summed E-state index contributed by atoms with van der Waals surface area (Å²) in [6, 6.07) is 7.93. The highest BCUT2D eigenvalue weighted by atomic mass is 16.1. The van der Waals surface area contributed by atoms with Crippen LogP contribution in [0.1, 0.15) is 23.2 Å². The molecule has 1 aromatic carbocycles. The van der Waals surface area contributed by atoms with Crippen molar-refractivity contribution < 1.29 is 4.79 Å². The van der Waals surface area contributed by atoms with E-state index in [9.17, 15) is 4.79 Å². The Morgan fingerprint density at radius 2 is 2.20 bits per heavy atom. The number of nitrogens with zero attached hydrogens (tertiary/aromatic N) is 5. The maximum absolute atomic E-state index is 11.5. The second-order valence-corrected chi connectivity index (χ2v) is 5.76. The van der Waals surface area contributed by atoms with Gasteiger partial charge in [-0.15, -0.1) is 5.10 Å². The predicted molar refractivity (Wildman–Crippen MR) is 91.8 cm³/mol. The molecule has 0 atom stereocenters. The molecule has 1 aliphatic rings. The first-order valence-corrected chi connectivity index (χ1v) is 7.86. The van der Waals surface area contributed by atoms with Crippen molar-refractivity contribution in [2.45, 2.75) is 18.9 Å². The molecule has 9 heteroatoms. The van der Waals surface area contributed by atoms with E-state index in [0.717, 1.165) is 24.2 Å². The molecule has 0 bridgehead atoms. The Morgan fingerprint density at radius 1 is 1.32 bits per heavy atom. The van der Waals surface area contributed by atoms with Crippen LogP contribution >= 0.6 is 0 Å². The number of amides is 1. The highest BCUT2D eigenvalue weighted by Crippen LogP contribution is 2.26. The Kier molecular flexibility index (Phi) is 3.73. The normalized spacial score (nSPS) is 13.4. The van der Waals surface area contributed by atoms with Gasteiger partial charge in [-0.2, -0.15) is 4.98 Å². The molecule has 2 heterocycles. The maximum Gasteiger partial charge on any atom is 0.254 e. The number of carbonyl (C=O) groups excluding carboxylic acids is 1. The Hall–Kier alpha value is -3.49. The fourth-order valence-corrected chi connectivity index (χ4v) is 2.35. The van der Waals surface area contributed by atoms with Crippen LogP contribution in [0.25, 0.3) is 5.69 Å². The summed E-state index contributed by atoms with van der Waals surface area (Å²) < 4.78 is 1.66. The van der Waals surface area contributed by atoms with Gasteiger partial charge >= 0.3 is 0 Å². The standard InChI is InChI=1S/C16H16N8O/c17-14(25)13-9-18-16(22-15(13)20-10-4-5-10)21-11-2-1-3-12(8-11)24-7-6-19-23-24/h1-3,6-10H,4-5H2,(H2,17,25)(H2,18,20,21,22). The summed E-state index contributed by atoms with van der Waals surface area (Å²) in [6.07, 6.45) is 6.93. The number of carbonyl (C=O) groups is 1. The molecule has 0 aliphatic heterocycles. The third-order valence-electron chi connectivity index (χ3n) is 3.76. The van der Waals surface area contributed by atoms with E-state index in [2.05, 4.69) is 30.9 Å². The zero-order valence-electron chi connectivity index (χ0n) is 13.3. The SMILES string of the molecule is NC(=O)c1cnc(Nc2cccc(-n3ccnn3)c2)nc1NC1CC1. The summed E-state index contributed by atoms with van der Waals surface area (Å²) in [4.78, 5) is 20.1. The van der Waals surface area contributed by atoms with E-state index in [1.54, 1.807) is 17.1 Å². The fourth-order valence-electron chi connectivity index (χ4n) is 2.35. The molecule has 126 valence electrons. The van der Waals surface area contributed by atoms with Crippen LogP contribution in [0.4, 0.5) is 17.5 Å². The highest BCUT2D eigenvalue weighted by Gasteiger charge is 2.24. The number of nitrogens with one attached hydrogen (secondary N) is 2. The topological polar surface area (TPSA) is 124 Å². The average Bonchev–Trinajstić information content (AvgIpc) is 3.24. The molecule has 0 unspecified atom stereocenters. The van der Waals surface area contributed by atoms with Crippen molar-refractivity contribution in [3.05, 3.63) is 48.4 Å². The molecule has 1 aliphatic carbocycles. The van der Waals surface area contributed by atoms with E-state index < -0.39 is 5.91 Å². The number of aromatic nitrogens is 5. The molecule has 1 amide bonds. The summed E-state index contributed by atoms with van der Waals surface area (Å²) in [5.41, 5.74) is 7.32. The first-order valence-electron chi connectivity index (χ1n) is 7.86. The minimum atomic E-state index is -0.553. The second kappa shape index (κ2) is 6.19. The highest BCUT2D eigenvalue weighted by molar-refractivity contribution is 5.97. The van der Waals surface area contributed by atoms with Gasteiger partial charge in [0.2, 0.25) is 5.95 Å². The van der Waals surface area contributed by atoms with Crippen molar-refractivity contribution in [3.8, 4) is 5.69 Å². The largest absolute Gasteiger partial charge is 0.367 e. The second-order valence-electron chi connectivity index (χ2n) is 5.76. The molecule has 25 heavy (non-hydrogen) atoms. The van der Waals surface area contributed by atoms with Gasteiger partial charge < -0.3 is 16.4 Å². The van der Waals surface area contributed by atoms with Gasteiger partial charge in [-0.3, -0.25) is 4.79 Å². The quantitative estimate of drug-likeness (QED) is 0.622. The Bertz CT molecular complexity index is 904. The van der Waals surface area contributed by atoms with Crippen molar-refractivity contribution in [3.63, 3.8) is 0 Å². The fraction of sp³-hybridized carbons (Fsp3) is 0.188. The number of nitrogens with two attached hydrogens (primary N) is 1. The number of anilines is 3. The molecule has 1 fully saturated rings. The molecule has 0 spiro atoms. The summed E-state index contributed by atoms with van der Waals surface area (Å²) in [7, 11) is 0. The Morgan fingerprint density at radius 3 is 2.92 bits per heavy atom. The van der Waals surface area contributed by atoms with Crippen LogP contribution in [0.15, 0.2) is 42.9 Å². The monoisotopic (exact) mass is 336 g/mol. The number of rotatable bonds is 6. The van der Waals surface area contributed by atoms with Crippen LogP contribution in [-0.4, -0.2) is 36.9 Å². The molecule has 4 rings (SSSR count). The summed E-state index contributed by atoms with van der Waals surface area (Å²) in [6.45, 7) is 0. The number of primary amides is 1. The zero-order chi connectivity index (χ0) is 17.2. The lowest BCUT2D eigenvalue weighted by atomic mass is 10.2. The minimum absolute atomic E-state index is 0.286. The van der Waals surface area contributed by atoms with Crippen molar-refractivity contribution in [1.29, 1.82) is 0 Å². The van der Waals surface area contributed by atoms with Gasteiger partial charge in [0.1, 0.15) is 5.82 Å². The minimum Gasteiger partial charge on any atom is -0.367 e. The molecule has 0 radical (unpaired) electrons. The summed E-state index contributed by atoms with van der Waals surface area (Å²) >= 11 is 0. The van der Waals surface area contributed by atoms with Crippen LogP contribution in [0, 0.1) is 0 Å². The predicted octanol–water partition coefficient (Wildman–Crippen LogP) is 1.47. The molecule has 1 saturated carbocycles. The van der Waals surface area contributed by atoms with E-state index in [1.807, 2.05) is 24.3 Å². The first-order chi connectivity index (χ1) is 12.2. The van der Waals surface area contributed by atoms with Crippen LogP contribution in [0.5, 0.6) is 0 Å². The van der Waals surface area contributed by atoms with Gasteiger partial charge in [0.15, 0.2) is 0 Å². The number of hydrogen-bond acceptors (Lipinski definition) is 7. The van der Waals surface area contributed by atoms with Crippen molar-refractivity contribution >= 4 is 23.4 Å².